The van der Waals surface area contributed by atoms with Gasteiger partial charge in [-0.05, 0) is 44.2 Å². The molecule has 96 valence electrons. The molecule has 0 bridgehead atoms. The number of rotatable bonds is 6. The number of hydrogen-bond acceptors (Lipinski definition) is 3. The molecule has 17 heavy (non-hydrogen) atoms. The van der Waals surface area contributed by atoms with E-state index in [0.717, 1.165) is 6.42 Å². The van der Waals surface area contributed by atoms with Crippen molar-refractivity contribution in [1.29, 1.82) is 0 Å². The fourth-order valence-electron chi connectivity index (χ4n) is 3.08. The zero-order valence-corrected chi connectivity index (χ0v) is 11.7. The summed E-state index contributed by atoms with van der Waals surface area (Å²) in [6, 6.07) is 4.85. The number of aryl methyl sites for hydroxylation is 1. The molecule has 1 unspecified atom stereocenters. The van der Waals surface area contributed by atoms with Crippen LogP contribution in [0.25, 0.3) is 0 Å². The van der Waals surface area contributed by atoms with E-state index in [2.05, 4.69) is 29.9 Å². The summed E-state index contributed by atoms with van der Waals surface area (Å²) in [5, 5.41) is 5.64. The highest BCUT2D eigenvalue weighted by atomic mass is 32.1. The predicted molar refractivity (Wildman–Crippen MR) is 73.7 cm³/mol. The average molecular weight is 253 g/mol. The minimum absolute atomic E-state index is 0.0893. The van der Waals surface area contributed by atoms with Crippen LogP contribution in [0.2, 0.25) is 0 Å². The lowest BCUT2D eigenvalue weighted by Crippen LogP contribution is -2.49. The van der Waals surface area contributed by atoms with Crippen LogP contribution >= 0.6 is 11.3 Å². The Labute approximate surface area is 108 Å². The van der Waals surface area contributed by atoms with Crippen LogP contribution in [0.5, 0.6) is 0 Å². The fraction of sp³-hybridized carbons (Fsp3) is 0.714. The van der Waals surface area contributed by atoms with E-state index in [-0.39, 0.29) is 5.60 Å². The topological polar surface area (TPSA) is 21.3 Å². The van der Waals surface area contributed by atoms with Crippen molar-refractivity contribution in [1.82, 2.24) is 5.32 Å². The normalized spacial score (nSPS) is 20.6. The molecule has 1 fully saturated rings. The molecule has 0 radical (unpaired) electrons. The minimum atomic E-state index is 0.0893. The molecule has 1 aliphatic rings. The van der Waals surface area contributed by atoms with Gasteiger partial charge in [0, 0.05) is 18.0 Å². The Morgan fingerprint density at radius 1 is 1.47 bits per heavy atom. The minimum Gasteiger partial charge on any atom is -0.377 e. The van der Waals surface area contributed by atoms with Crippen LogP contribution in [0.1, 0.15) is 37.0 Å². The van der Waals surface area contributed by atoms with Gasteiger partial charge in [0.05, 0.1) is 5.60 Å². The van der Waals surface area contributed by atoms with Crippen LogP contribution in [0.15, 0.2) is 17.5 Å². The molecular formula is C14H23NOS. The second-order valence-electron chi connectivity index (χ2n) is 4.94. The Bertz CT molecular complexity index is 317. The number of likely N-dealkylation sites (N-methyl/N-ethyl adjacent to an activating group) is 1. The highest BCUT2D eigenvalue weighted by Crippen LogP contribution is 2.37. The maximum absolute atomic E-state index is 5.86. The summed E-state index contributed by atoms with van der Waals surface area (Å²) < 4.78 is 5.86. The maximum atomic E-state index is 5.86. The quantitative estimate of drug-likeness (QED) is 0.840. The smallest absolute Gasteiger partial charge is 0.0830 e. The Morgan fingerprint density at radius 2 is 2.24 bits per heavy atom. The molecule has 2 rings (SSSR count). The summed E-state index contributed by atoms with van der Waals surface area (Å²) in [7, 11) is 3.94. The predicted octanol–water partition coefficient (Wildman–Crippen LogP) is 3.23. The molecule has 0 spiro atoms. The molecule has 1 aromatic rings. The largest absolute Gasteiger partial charge is 0.377 e. The van der Waals surface area contributed by atoms with Gasteiger partial charge in [-0.3, -0.25) is 0 Å². The Kier molecular flexibility index (Phi) is 4.60. The molecular weight excluding hydrogens is 230 g/mol. The average Bonchev–Trinajstić information content (AvgIpc) is 3.00. The van der Waals surface area contributed by atoms with Crippen molar-refractivity contribution in [2.75, 3.05) is 14.2 Å². The molecule has 0 aromatic carbocycles. The van der Waals surface area contributed by atoms with Gasteiger partial charge in [0.1, 0.15) is 0 Å². The van der Waals surface area contributed by atoms with E-state index in [1.807, 2.05) is 18.4 Å². The first-order valence-corrected chi connectivity index (χ1v) is 7.43. The molecule has 1 saturated carbocycles. The van der Waals surface area contributed by atoms with E-state index >= 15 is 0 Å². The molecule has 0 amide bonds. The van der Waals surface area contributed by atoms with E-state index < -0.39 is 0 Å². The SMILES string of the molecule is CNC(CCc1cccs1)C1(OC)CCCC1. The van der Waals surface area contributed by atoms with Crippen molar-refractivity contribution < 1.29 is 4.74 Å². The van der Waals surface area contributed by atoms with Gasteiger partial charge in [-0.25, -0.2) is 0 Å². The first kappa shape index (κ1) is 13.1. The molecule has 1 N–H and O–H groups in total. The summed E-state index contributed by atoms with van der Waals surface area (Å²) >= 11 is 1.86. The Hall–Kier alpha value is -0.380. The highest BCUT2D eigenvalue weighted by Gasteiger charge is 2.40. The maximum Gasteiger partial charge on any atom is 0.0830 e. The van der Waals surface area contributed by atoms with Crippen molar-refractivity contribution in [2.24, 2.45) is 0 Å². The lowest BCUT2D eigenvalue weighted by molar-refractivity contribution is -0.0357. The van der Waals surface area contributed by atoms with Crippen molar-refractivity contribution in [3.8, 4) is 0 Å². The summed E-state index contributed by atoms with van der Waals surface area (Å²) in [6.07, 6.45) is 7.37. The molecule has 0 saturated heterocycles. The Morgan fingerprint density at radius 3 is 2.76 bits per heavy atom. The second kappa shape index (κ2) is 5.98. The van der Waals surface area contributed by atoms with Crippen LogP contribution in [0.3, 0.4) is 0 Å². The fourth-order valence-corrected chi connectivity index (χ4v) is 3.80. The molecule has 1 heterocycles. The van der Waals surface area contributed by atoms with Crippen LogP contribution in [-0.4, -0.2) is 25.8 Å². The van der Waals surface area contributed by atoms with Crippen molar-refractivity contribution in [3.63, 3.8) is 0 Å². The monoisotopic (exact) mass is 253 g/mol. The van der Waals surface area contributed by atoms with Gasteiger partial charge >= 0.3 is 0 Å². The van der Waals surface area contributed by atoms with Crippen LogP contribution in [-0.2, 0) is 11.2 Å². The van der Waals surface area contributed by atoms with Gasteiger partial charge in [0.15, 0.2) is 0 Å². The summed E-state index contributed by atoms with van der Waals surface area (Å²) in [6.45, 7) is 0. The third-order valence-electron chi connectivity index (χ3n) is 4.10. The molecule has 1 aromatic heterocycles. The number of thiophene rings is 1. The second-order valence-corrected chi connectivity index (χ2v) is 5.97. The highest BCUT2D eigenvalue weighted by molar-refractivity contribution is 7.09. The number of hydrogen-bond donors (Lipinski definition) is 1. The molecule has 1 atom stereocenters. The van der Waals surface area contributed by atoms with Gasteiger partial charge in [-0.15, -0.1) is 11.3 Å². The van der Waals surface area contributed by atoms with E-state index in [9.17, 15) is 0 Å². The lowest BCUT2D eigenvalue weighted by Gasteiger charge is -2.36. The third kappa shape index (κ3) is 2.90. The van der Waals surface area contributed by atoms with Gasteiger partial charge in [-0.2, -0.15) is 0 Å². The van der Waals surface area contributed by atoms with Gasteiger partial charge in [0.2, 0.25) is 0 Å². The molecule has 3 heteroatoms. The molecule has 1 aliphatic carbocycles. The van der Waals surface area contributed by atoms with Gasteiger partial charge in [0.25, 0.3) is 0 Å². The lowest BCUT2D eigenvalue weighted by atomic mass is 9.88. The summed E-state index contributed by atoms with van der Waals surface area (Å²) in [4.78, 5) is 1.48. The Balaban J connectivity index is 1.95. The first-order chi connectivity index (χ1) is 8.30. The first-order valence-electron chi connectivity index (χ1n) is 6.55. The van der Waals surface area contributed by atoms with E-state index in [1.54, 1.807) is 0 Å². The zero-order valence-electron chi connectivity index (χ0n) is 10.9. The molecule has 2 nitrogen and oxygen atoms in total. The van der Waals surface area contributed by atoms with Crippen LogP contribution < -0.4 is 5.32 Å². The number of nitrogens with one attached hydrogen (secondary N) is 1. The molecule has 0 aliphatic heterocycles. The van der Waals surface area contributed by atoms with Crippen molar-refractivity contribution in [2.45, 2.75) is 50.2 Å². The number of ether oxygens (including phenoxy) is 1. The van der Waals surface area contributed by atoms with Crippen molar-refractivity contribution >= 4 is 11.3 Å². The van der Waals surface area contributed by atoms with E-state index in [1.165, 1.54) is 37.0 Å². The van der Waals surface area contributed by atoms with Gasteiger partial charge < -0.3 is 10.1 Å². The van der Waals surface area contributed by atoms with Crippen LogP contribution in [0.4, 0.5) is 0 Å². The standard InChI is InChI=1S/C14H23NOS/c1-15-13(8-7-12-6-5-11-17-12)14(16-2)9-3-4-10-14/h5-6,11,13,15H,3-4,7-10H2,1-2H3. The zero-order chi connectivity index (χ0) is 12.1. The number of methoxy groups -OCH3 is 1. The van der Waals surface area contributed by atoms with Gasteiger partial charge in [-0.1, -0.05) is 18.9 Å². The summed E-state index contributed by atoms with van der Waals surface area (Å²) in [5.74, 6) is 0. The third-order valence-corrected chi connectivity index (χ3v) is 5.04. The van der Waals surface area contributed by atoms with E-state index in [0.29, 0.717) is 6.04 Å². The van der Waals surface area contributed by atoms with Crippen LogP contribution in [0, 0.1) is 0 Å². The van der Waals surface area contributed by atoms with Crippen molar-refractivity contribution in [3.05, 3.63) is 22.4 Å². The summed E-state index contributed by atoms with van der Waals surface area (Å²) in [5.41, 5.74) is 0.0893. The van der Waals surface area contributed by atoms with E-state index in [4.69, 9.17) is 4.74 Å².